The number of nitrogens with two attached hydrogens (primary N) is 1. The van der Waals surface area contributed by atoms with Gasteiger partial charge in [-0.05, 0) is 59.7 Å². The van der Waals surface area contributed by atoms with E-state index in [4.69, 9.17) is 5.73 Å². The molecule has 0 radical (unpaired) electrons. The lowest BCUT2D eigenvalue weighted by Gasteiger charge is -2.30. The van der Waals surface area contributed by atoms with Crippen molar-refractivity contribution < 1.29 is 13.2 Å². The van der Waals surface area contributed by atoms with Crippen LogP contribution >= 0.6 is 22.6 Å². The van der Waals surface area contributed by atoms with E-state index in [1.165, 1.54) is 4.31 Å². The lowest BCUT2D eigenvalue weighted by Crippen LogP contribution is -2.44. The summed E-state index contributed by atoms with van der Waals surface area (Å²) in [6, 6.07) is 6.68. The zero-order valence-electron chi connectivity index (χ0n) is 10.3. The van der Waals surface area contributed by atoms with Crippen molar-refractivity contribution in [3.8, 4) is 0 Å². The predicted molar refractivity (Wildman–Crippen MR) is 79.8 cm³/mol. The third-order valence-corrected chi connectivity index (χ3v) is 5.84. The van der Waals surface area contributed by atoms with E-state index in [9.17, 15) is 13.2 Å². The topological polar surface area (TPSA) is 80.5 Å². The highest BCUT2D eigenvalue weighted by Gasteiger charge is 2.32. The van der Waals surface area contributed by atoms with Crippen LogP contribution in [0.25, 0.3) is 0 Å². The van der Waals surface area contributed by atoms with Gasteiger partial charge in [0.25, 0.3) is 0 Å². The standard InChI is InChI=1S/C12H15IN2O3S/c13-10-3-5-11(6-4-10)19(17,18)15-7-1-2-9(8-15)12(14)16/h3-6,9H,1-2,7-8H2,(H2,14,16). The van der Waals surface area contributed by atoms with Crippen LogP contribution in [0.1, 0.15) is 12.8 Å². The zero-order chi connectivity index (χ0) is 14.0. The van der Waals surface area contributed by atoms with Gasteiger partial charge in [0, 0.05) is 16.7 Å². The molecule has 2 N–H and O–H groups in total. The summed E-state index contributed by atoms with van der Waals surface area (Å²) in [5.41, 5.74) is 5.27. The summed E-state index contributed by atoms with van der Waals surface area (Å²) in [7, 11) is -3.52. The van der Waals surface area contributed by atoms with Gasteiger partial charge < -0.3 is 5.73 Å². The summed E-state index contributed by atoms with van der Waals surface area (Å²) >= 11 is 2.12. The monoisotopic (exact) mass is 394 g/mol. The van der Waals surface area contributed by atoms with E-state index in [1.807, 2.05) is 0 Å². The molecule has 104 valence electrons. The van der Waals surface area contributed by atoms with Gasteiger partial charge in [0.2, 0.25) is 15.9 Å². The van der Waals surface area contributed by atoms with E-state index in [2.05, 4.69) is 22.6 Å². The predicted octanol–water partition coefficient (Wildman–Crippen LogP) is 1.18. The van der Waals surface area contributed by atoms with Crippen molar-refractivity contribution in [2.75, 3.05) is 13.1 Å². The second-order valence-electron chi connectivity index (χ2n) is 4.56. The van der Waals surface area contributed by atoms with E-state index < -0.39 is 15.9 Å². The second-order valence-corrected chi connectivity index (χ2v) is 7.74. The van der Waals surface area contributed by atoms with Crippen molar-refractivity contribution in [3.05, 3.63) is 27.8 Å². The Morgan fingerprint density at radius 3 is 2.53 bits per heavy atom. The molecule has 1 aliphatic heterocycles. The van der Waals surface area contributed by atoms with Gasteiger partial charge >= 0.3 is 0 Å². The molecule has 1 amide bonds. The quantitative estimate of drug-likeness (QED) is 0.782. The highest BCUT2D eigenvalue weighted by atomic mass is 127. The number of benzene rings is 1. The van der Waals surface area contributed by atoms with Crippen LogP contribution < -0.4 is 5.73 Å². The number of rotatable bonds is 3. The first-order chi connectivity index (χ1) is 8.91. The molecule has 0 bridgehead atoms. The maximum atomic E-state index is 12.4. The Hall–Kier alpha value is -0.670. The third-order valence-electron chi connectivity index (χ3n) is 3.24. The maximum absolute atomic E-state index is 12.4. The van der Waals surface area contributed by atoms with Gasteiger partial charge in [-0.25, -0.2) is 8.42 Å². The van der Waals surface area contributed by atoms with Crippen LogP contribution in [0.2, 0.25) is 0 Å². The molecule has 1 heterocycles. The lowest BCUT2D eigenvalue weighted by atomic mass is 9.99. The number of hydrogen-bond donors (Lipinski definition) is 1. The number of sulfonamides is 1. The number of nitrogens with zero attached hydrogens (tertiary/aromatic N) is 1. The van der Waals surface area contributed by atoms with Crippen molar-refractivity contribution >= 4 is 38.5 Å². The Labute approximate surface area is 126 Å². The molecule has 1 saturated heterocycles. The molecule has 1 aliphatic rings. The zero-order valence-corrected chi connectivity index (χ0v) is 13.2. The van der Waals surface area contributed by atoms with Crippen molar-refractivity contribution in [2.45, 2.75) is 17.7 Å². The van der Waals surface area contributed by atoms with Crippen molar-refractivity contribution in [1.82, 2.24) is 4.31 Å². The normalized spacial score (nSPS) is 21.2. The highest BCUT2D eigenvalue weighted by Crippen LogP contribution is 2.24. The van der Waals surface area contributed by atoms with E-state index >= 15 is 0 Å². The van der Waals surface area contributed by atoms with Gasteiger partial charge in [0.1, 0.15) is 0 Å². The Morgan fingerprint density at radius 2 is 1.95 bits per heavy atom. The average molecular weight is 394 g/mol. The molecule has 2 rings (SSSR count). The summed E-state index contributed by atoms with van der Waals surface area (Å²) < 4.78 is 27.2. The molecule has 0 aromatic heterocycles. The maximum Gasteiger partial charge on any atom is 0.243 e. The van der Waals surface area contributed by atoms with Crippen LogP contribution in [-0.4, -0.2) is 31.7 Å². The summed E-state index contributed by atoms with van der Waals surface area (Å²) in [5, 5.41) is 0. The number of amides is 1. The summed E-state index contributed by atoms with van der Waals surface area (Å²) in [5.74, 6) is -0.810. The Balaban J connectivity index is 2.24. The molecule has 7 heteroatoms. The minimum atomic E-state index is -3.52. The number of carbonyl (C=O) groups is 1. The van der Waals surface area contributed by atoms with Crippen LogP contribution in [0.15, 0.2) is 29.2 Å². The molecule has 19 heavy (non-hydrogen) atoms. The molecule has 1 atom stereocenters. The Bertz CT molecular complexity index is 571. The average Bonchev–Trinajstić information content (AvgIpc) is 2.39. The summed E-state index contributed by atoms with van der Waals surface area (Å²) in [6.45, 7) is 0.627. The second kappa shape index (κ2) is 5.76. The molecular formula is C12H15IN2O3S. The van der Waals surface area contributed by atoms with E-state index in [-0.39, 0.29) is 17.4 Å². The minimum absolute atomic E-state index is 0.184. The number of hydrogen-bond acceptors (Lipinski definition) is 3. The molecule has 0 saturated carbocycles. The molecule has 1 fully saturated rings. The number of halogens is 1. The Kier molecular flexibility index (Phi) is 4.46. The van der Waals surface area contributed by atoms with E-state index in [1.54, 1.807) is 24.3 Å². The molecule has 0 spiro atoms. The fraction of sp³-hybridized carbons (Fsp3) is 0.417. The molecule has 1 aromatic rings. The molecular weight excluding hydrogens is 379 g/mol. The minimum Gasteiger partial charge on any atom is -0.369 e. The van der Waals surface area contributed by atoms with Gasteiger partial charge in [-0.3, -0.25) is 4.79 Å². The third kappa shape index (κ3) is 3.26. The smallest absolute Gasteiger partial charge is 0.243 e. The van der Waals surface area contributed by atoms with Gasteiger partial charge in [0.05, 0.1) is 10.8 Å². The van der Waals surface area contributed by atoms with Crippen LogP contribution in [0.4, 0.5) is 0 Å². The van der Waals surface area contributed by atoms with E-state index in [0.717, 1.165) is 3.57 Å². The fourth-order valence-electron chi connectivity index (χ4n) is 2.15. The van der Waals surface area contributed by atoms with E-state index in [0.29, 0.717) is 19.4 Å². The van der Waals surface area contributed by atoms with Crippen molar-refractivity contribution in [3.63, 3.8) is 0 Å². The molecule has 1 unspecified atom stereocenters. The van der Waals surface area contributed by atoms with Gasteiger partial charge in [-0.2, -0.15) is 4.31 Å². The first-order valence-electron chi connectivity index (χ1n) is 5.96. The first-order valence-corrected chi connectivity index (χ1v) is 8.48. The Morgan fingerprint density at radius 1 is 1.32 bits per heavy atom. The molecule has 5 nitrogen and oxygen atoms in total. The largest absolute Gasteiger partial charge is 0.369 e. The van der Waals surface area contributed by atoms with Gasteiger partial charge in [0.15, 0.2) is 0 Å². The van der Waals surface area contributed by atoms with Crippen LogP contribution in [0.5, 0.6) is 0 Å². The van der Waals surface area contributed by atoms with Crippen LogP contribution in [0, 0.1) is 9.49 Å². The van der Waals surface area contributed by atoms with Crippen molar-refractivity contribution in [1.29, 1.82) is 0 Å². The molecule has 1 aromatic carbocycles. The van der Waals surface area contributed by atoms with Gasteiger partial charge in [-0.1, -0.05) is 0 Å². The summed E-state index contributed by atoms with van der Waals surface area (Å²) in [6.07, 6.45) is 1.32. The van der Waals surface area contributed by atoms with Crippen LogP contribution in [0.3, 0.4) is 0 Å². The fourth-order valence-corrected chi connectivity index (χ4v) is 4.03. The SMILES string of the molecule is NC(=O)C1CCCN(S(=O)(=O)c2ccc(I)cc2)C1. The lowest BCUT2D eigenvalue weighted by molar-refractivity contribution is -0.122. The van der Waals surface area contributed by atoms with Crippen LogP contribution in [-0.2, 0) is 14.8 Å². The number of primary amides is 1. The van der Waals surface area contributed by atoms with Crippen molar-refractivity contribution in [2.24, 2.45) is 11.7 Å². The first kappa shape index (κ1) is 14.7. The number of piperidine rings is 1. The highest BCUT2D eigenvalue weighted by molar-refractivity contribution is 14.1. The molecule has 0 aliphatic carbocycles. The summed E-state index contributed by atoms with van der Waals surface area (Å²) in [4.78, 5) is 11.5. The van der Waals surface area contributed by atoms with Gasteiger partial charge in [-0.15, -0.1) is 0 Å². The number of carbonyl (C=O) groups excluding carboxylic acids is 1.